The van der Waals surface area contributed by atoms with Crippen LogP contribution >= 0.6 is 0 Å². The maximum Gasteiger partial charge on any atom is -0.00928 e. The Hall–Kier alpha value is -6.24. The third-order valence-electron chi connectivity index (χ3n) is 10.4. The quantitative estimate of drug-likeness (QED) is 0.162. The third kappa shape index (κ3) is 5.69. The van der Waals surface area contributed by atoms with E-state index < -0.39 is 0 Å². The predicted molar refractivity (Wildman–Crippen MR) is 222 cm³/mol. The molecule has 9 aromatic carbocycles. The number of hydrogen-bond donors (Lipinski definition) is 0. The van der Waals surface area contributed by atoms with E-state index in [0.29, 0.717) is 0 Å². The Bertz CT molecular complexity index is 2660. The SMILES string of the molecule is C.Cc1ccc(-c2ccccc2)cc1-c1cc(-c2ccccc2)cc(-c2cccc(-c3ccc4c5ccccc5c5ccccc5c4c3)c2)c1C. The van der Waals surface area contributed by atoms with Crippen molar-refractivity contribution in [3.05, 3.63) is 193 Å². The highest BCUT2D eigenvalue weighted by atomic mass is 14.2. The highest BCUT2D eigenvalue weighted by Crippen LogP contribution is 2.41. The first-order valence-electron chi connectivity index (χ1n) is 17.4. The number of benzene rings is 9. The van der Waals surface area contributed by atoms with Crippen molar-refractivity contribution in [2.75, 3.05) is 0 Å². The van der Waals surface area contributed by atoms with Gasteiger partial charge in [0.15, 0.2) is 0 Å². The van der Waals surface area contributed by atoms with Crippen molar-refractivity contribution in [1.29, 1.82) is 0 Å². The number of fused-ring (bicyclic) bond motifs is 6. The summed E-state index contributed by atoms with van der Waals surface area (Å²) in [6, 6.07) is 66.8. The van der Waals surface area contributed by atoms with Crippen molar-refractivity contribution in [1.82, 2.24) is 0 Å². The summed E-state index contributed by atoms with van der Waals surface area (Å²) in [5.74, 6) is 0. The van der Waals surface area contributed by atoms with Gasteiger partial charge in [-0.2, -0.15) is 0 Å². The summed E-state index contributed by atoms with van der Waals surface area (Å²) < 4.78 is 0. The van der Waals surface area contributed by atoms with E-state index in [1.54, 1.807) is 0 Å². The van der Waals surface area contributed by atoms with Crippen LogP contribution in [0.15, 0.2) is 182 Å². The summed E-state index contributed by atoms with van der Waals surface area (Å²) in [6.07, 6.45) is 0. The van der Waals surface area contributed by atoms with Crippen LogP contribution in [0.25, 0.3) is 88.0 Å². The normalized spacial score (nSPS) is 11.2. The van der Waals surface area contributed by atoms with Crippen molar-refractivity contribution in [3.63, 3.8) is 0 Å². The lowest BCUT2D eigenvalue weighted by atomic mass is 9.85. The van der Waals surface area contributed by atoms with Gasteiger partial charge in [0, 0.05) is 0 Å². The topological polar surface area (TPSA) is 0 Å². The molecule has 0 bridgehead atoms. The van der Waals surface area contributed by atoms with Crippen LogP contribution in [0.2, 0.25) is 0 Å². The molecule has 0 atom stereocenters. The third-order valence-corrected chi connectivity index (χ3v) is 10.4. The van der Waals surface area contributed by atoms with Gasteiger partial charge in [-0.15, -0.1) is 0 Å². The monoisotopic (exact) mass is 652 g/mol. The Morgan fingerprint density at radius 3 is 1.33 bits per heavy atom. The Morgan fingerprint density at radius 2 is 0.686 bits per heavy atom. The van der Waals surface area contributed by atoms with Crippen LogP contribution in [0.3, 0.4) is 0 Å². The Labute approximate surface area is 301 Å². The molecule has 0 aliphatic heterocycles. The highest BCUT2D eigenvalue weighted by molar-refractivity contribution is 6.25. The minimum atomic E-state index is 0. The van der Waals surface area contributed by atoms with E-state index in [2.05, 4.69) is 196 Å². The molecule has 0 heteroatoms. The second-order valence-corrected chi connectivity index (χ2v) is 13.4. The molecular formula is C51H40. The second-order valence-electron chi connectivity index (χ2n) is 13.4. The molecule has 0 aromatic heterocycles. The number of aryl methyl sites for hydroxylation is 1. The molecule has 0 heterocycles. The maximum atomic E-state index is 2.39. The highest BCUT2D eigenvalue weighted by Gasteiger charge is 2.16. The molecule has 0 aliphatic rings. The molecular weight excluding hydrogens is 613 g/mol. The van der Waals surface area contributed by atoms with E-state index in [4.69, 9.17) is 0 Å². The molecule has 244 valence electrons. The van der Waals surface area contributed by atoms with Gasteiger partial charge in [-0.3, -0.25) is 0 Å². The van der Waals surface area contributed by atoms with Crippen LogP contribution in [0.4, 0.5) is 0 Å². The van der Waals surface area contributed by atoms with Gasteiger partial charge in [0.1, 0.15) is 0 Å². The van der Waals surface area contributed by atoms with Crippen molar-refractivity contribution < 1.29 is 0 Å². The van der Waals surface area contributed by atoms with Gasteiger partial charge >= 0.3 is 0 Å². The van der Waals surface area contributed by atoms with Crippen LogP contribution in [-0.4, -0.2) is 0 Å². The Balaban J connectivity index is 0.00000374. The maximum absolute atomic E-state index is 2.39. The molecule has 9 rings (SSSR count). The van der Waals surface area contributed by atoms with Crippen LogP contribution < -0.4 is 0 Å². The zero-order chi connectivity index (χ0) is 33.6. The van der Waals surface area contributed by atoms with Crippen molar-refractivity contribution >= 4 is 32.3 Å². The van der Waals surface area contributed by atoms with E-state index >= 15 is 0 Å². The standard InChI is InChI=1S/C50H36.CH4/c1-33-24-25-38(35-14-5-3-6-15-35)29-47(33)49-32-41(36-16-7-4-8-17-36)31-48(34(49)2)40-19-13-18-37(28-40)39-26-27-46-44-22-10-9-20-42(44)43-21-11-12-23-45(43)50(46)30-39;/h3-32H,1-2H3;1H4. The molecule has 0 saturated heterocycles. The van der Waals surface area contributed by atoms with Crippen LogP contribution in [0, 0.1) is 13.8 Å². The summed E-state index contributed by atoms with van der Waals surface area (Å²) in [6.45, 7) is 4.51. The van der Waals surface area contributed by atoms with Gasteiger partial charge in [0.25, 0.3) is 0 Å². The summed E-state index contributed by atoms with van der Waals surface area (Å²) in [5.41, 5.74) is 14.9. The lowest BCUT2D eigenvalue weighted by Gasteiger charge is -2.19. The minimum Gasteiger partial charge on any atom is -0.0776 e. The van der Waals surface area contributed by atoms with Gasteiger partial charge in [-0.1, -0.05) is 159 Å². The minimum absolute atomic E-state index is 0. The zero-order valence-corrected chi connectivity index (χ0v) is 28.3. The lowest BCUT2D eigenvalue weighted by Crippen LogP contribution is -1.94. The van der Waals surface area contributed by atoms with Gasteiger partial charge in [-0.25, -0.2) is 0 Å². The summed E-state index contributed by atoms with van der Waals surface area (Å²) in [4.78, 5) is 0. The van der Waals surface area contributed by atoms with E-state index in [1.165, 1.54) is 99.1 Å². The van der Waals surface area contributed by atoms with E-state index in [-0.39, 0.29) is 7.43 Å². The van der Waals surface area contributed by atoms with Gasteiger partial charge < -0.3 is 0 Å². The summed E-state index contributed by atoms with van der Waals surface area (Å²) in [5, 5.41) is 7.79. The fourth-order valence-corrected chi connectivity index (χ4v) is 7.77. The first-order valence-corrected chi connectivity index (χ1v) is 17.4. The molecule has 0 aliphatic carbocycles. The smallest absolute Gasteiger partial charge is 0.00928 e. The zero-order valence-electron chi connectivity index (χ0n) is 28.3. The molecule has 0 amide bonds. The van der Waals surface area contributed by atoms with E-state index in [0.717, 1.165) is 0 Å². The number of rotatable bonds is 5. The van der Waals surface area contributed by atoms with Gasteiger partial charge in [0.2, 0.25) is 0 Å². The average molecular weight is 653 g/mol. The van der Waals surface area contributed by atoms with E-state index in [9.17, 15) is 0 Å². The fraction of sp³-hybridized carbons (Fsp3) is 0.0588. The van der Waals surface area contributed by atoms with Crippen LogP contribution in [0.5, 0.6) is 0 Å². The first-order chi connectivity index (χ1) is 24.6. The van der Waals surface area contributed by atoms with Gasteiger partial charge in [-0.05, 0) is 143 Å². The summed E-state index contributed by atoms with van der Waals surface area (Å²) >= 11 is 0. The van der Waals surface area contributed by atoms with Crippen LogP contribution in [0.1, 0.15) is 18.6 Å². The van der Waals surface area contributed by atoms with E-state index in [1.807, 2.05) is 0 Å². The molecule has 0 N–H and O–H groups in total. The first kappa shape index (κ1) is 32.0. The molecule has 0 fully saturated rings. The summed E-state index contributed by atoms with van der Waals surface area (Å²) in [7, 11) is 0. The molecule has 51 heavy (non-hydrogen) atoms. The predicted octanol–water partition coefficient (Wildman–Crippen LogP) is 14.7. The molecule has 0 spiro atoms. The molecule has 0 unspecified atom stereocenters. The van der Waals surface area contributed by atoms with Gasteiger partial charge in [0.05, 0.1) is 0 Å². The second kappa shape index (κ2) is 13.2. The molecule has 0 saturated carbocycles. The Kier molecular flexibility index (Phi) is 8.30. The number of hydrogen-bond acceptors (Lipinski definition) is 0. The molecule has 0 radical (unpaired) electrons. The Morgan fingerprint density at radius 1 is 0.255 bits per heavy atom. The fourth-order valence-electron chi connectivity index (χ4n) is 7.77. The van der Waals surface area contributed by atoms with Crippen molar-refractivity contribution in [2.24, 2.45) is 0 Å². The average Bonchev–Trinajstić information content (AvgIpc) is 3.19. The molecule has 9 aromatic rings. The van der Waals surface area contributed by atoms with Crippen molar-refractivity contribution in [3.8, 4) is 55.6 Å². The van der Waals surface area contributed by atoms with Crippen LogP contribution in [-0.2, 0) is 0 Å². The lowest BCUT2D eigenvalue weighted by molar-refractivity contribution is 1.40. The largest absolute Gasteiger partial charge is 0.0776 e. The molecule has 0 nitrogen and oxygen atoms in total. The van der Waals surface area contributed by atoms with Crippen molar-refractivity contribution in [2.45, 2.75) is 21.3 Å².